The van der Waals surface area contributed by atoms with Crippen LogP contribution in [0.1, 0.15) is 47.0 Å². The fourth-order valence-corrected chi connectivity index (χ4v) is 0.972. The van der Waals surface area contributed by atoms with Gasteiger partial charge in [-0.05, 0) is 24.7 Å². The molecule has 0 N–H and O–H groups in total. The van der Waals surface area contributed by atoms with Crippen molar-refractivity contribution in [1.82, 2.24) is 0 Å². The molecule has 0 aromatic carbocycles. The Bertz CT molecular complexity index is 64.4. The van der Waals surface area contributed by atoms with Gasteiger partial charge in [-0.25, -0.2) is 0 Å². The summed E-state index contributed by atoms with van der Waals surface area (Å²) in [5.41, 5.74) is 0. The molecule has 0 aromatic rings. The van der Waals surface area contributed by atoms with Crippen molar-refractivity contribution >= 4 is 0 Å². The molecule has 0 fully saturated rings. The van der Waals surface area contributed by atoms with Gasteiger partial charge in [0.05, 0.1) is 0 Å². The fourth-order valence-electron chi connectivity index (χ4n) is 0.972. The van der Waals surface area contributed by atoms with E-state index >= 15 is 0 Å². The molecule has 0 aliphatic rings. The van der Waals surface area contributed by atoms with Crippen molar-refractivity contribution in [2.75, 3.05) is 0 Å². The van der Waals surface area contributed by atoms with Crippen molar-refractivity contribution in [1.29, 1.82) is 0 Å². The molecule has 0 aliphatic heterocycles. The molecule has 0 saturated heterocycles. The molecule has 0 heterocycles. The Hall–Kier alpha value is 0. The Labute approximate surface area is 66.0 Å². The molecule has 10 heavy (non-hydrogen) atoms. The lowest BCUT2D eigenvalue weighted by Crippen LogP contribution is -1.97. The van der Waals surface area contributed by atoms with Crippen LogP contribution in [0.3, 0.4) is 0 Å². The van der Waals surface area contributed by atoms with Crippen LogP contribution < -0.4 is 0 Å². The van der Waals surface area contributed by atoms with Crippen molar-refractivity contribution in [3.63, 3.8) is 0 Å². The molecule has 60 valence electrons. The first-order valence-corrected chi connectivity index (χ1v) is 4.40. The van der Waals surface area contributed by atoms with E-state index in [9.17, 15) is 0 Å². The molecule has 0 aromatic heterocycles. The van der Waals surface area contributed by atoms with E-state index < -0.39 is 0 Å². The first kappa shape index (κ1) is 10.0. The second-order valence-corrected chi connectivity index (χ2v) is 3.49. The summed E-state index contributed by atoms with van der Waals surface area (Å²) in [6, 6.07) is 0. The largest absolute Gasteiger partial charge is 0.0654 e. The average molecular weight is 140 g/mol. The molecule has 0 bridgehead atoms. The summed E-state index contributed by atoms with van der Waals surface area (Å²) >= 11 is 0. The highest BCUT2D eigenvalue weighted by Crippen LogP contribution is 2.14. The standard InChI is InChI=1S/C10H20/c1-5-6-10(4)8-7-9(2)3/h9-10H,5-7H2,1-4H3. The number of hydrogen-bond acceptors (Lipinski definition) is 0. The average Bonchev–Trinajstić information content (AvgIpc) is 1.85. The summed E-state index contributed by atoms with van der Waals surface area (Å²) in [7, 11) is 0. The van der Waals surface area contributed by atoms with Gasteiger partial charge in [-0.1, -0.05) is 40.5 Å². The van der Waals surface area contributed by atoms with Crippen molar-refractivity contribution in [2.24, 2.45) is 11.8 Å². The Kier molecular flexibility index (Phi) is 5.76. The first-order chi connectivity index (χ1) is 4.66. The summed E-state index contributed by atoms with van der Waals surface area (Å²) in [5.74, 6) is 1.48. The van der Waals surface area contributed by atoms with E-state index in [1.807, 2.05) is 0 Å². The second kappa shape index (κ2) is 5.76. The van der Waals surface area contributed by atoms with Crippen LogP contribution in [-0.2, 0) is 0 Å². The van der Waals surface area contributed by atoms with Gasteiger partial charge in [0.1, 0.15) is 0 Å². The zero-order chi connectivity index (χ0) is 7.98. The minimum atomic E-state index is 0.701. The molecule has 0 amide bonds. The second-order valence-electron chi connectivity index (χ2n) is 3.49. The monoisotopic (exact) mass is 140 g/mol. The van der Waals surface area contributed by atoms with Gasteiger partial charge in [0.25, 0.3) is 0 Å². The topological polar surface area (TPSA) is 0 Å². The lowest BCUT2D eigenvalue weighted by molar-refractivity contribution is 0.524. The molecule has 2 radical (unpaired) electrons. The molecular weight excluding hydrogens is 120 g/mol. The van der Waals surface area contributed by atoms with E-state index in [1.165, 1.54) is 12.8 Å². The van der Waals surface area contributed by atoms with Crippen LogP contribution in [-0.4, -0.2) is 0 Å². The van der Waals surface area contributed by atoms with Gasteiger partial charge < -0.3 is 0 Å². The molecule has 0 spiro atoms. The Balaban J connectivity index is 3.12. The van der Waals surface area contributed by atoms with Crippen LogP contribution in [0.5, 0.6) is 0 Å². The van der Waals surface area contributed by atoms with Gasteiger partial charge in [0.2, 0.25) is 0 Å². The normalized spacial score (nSPS) is 14.1. The number of rotatable bonds is 5. The van der Waals surface area contributed by atoms with Crippen molar-refractivity contribution in [2.45, 2.75) is 47.0 Å². The SMILES string of the molecule is CCCC(C)[C]CC(C)C. The molecule has 0 heteroatoms. The van der Waals surface area contributed by atoms with E-state index in [1.54, 1.807) is 0 Å². The third kappa shape index (κ3) is 6.12. The van der Waals surface area contributed by atoms with E-state index in [-0.39, 0.29) is 0 Å². The predicted octanol–water partition coefficient (Wildman–Crippen LogP) is 3.55. The summed E-state index contributed by atoms with van der Waals surface area (Å²) < 4.78 is 0. The highest BCUT2D eigenvalue weighted by Gasteiger charge is 2.02. The highest BCUT2D eigenvalue weighted by atomic mass is 14.1. The van der Waals surface area contributed by atoms with E-state index in [0.29, 0.717) is 5.92 Å². The lowest BCUT2D eigenvalue weighted by Gasteiger charge is -2.09. The van der Waals surface area contributed by atoms with E-state index in [0.717, 1.165) is 12.3 Å². The quantitative estimate of drug-likeness (QED) is 0.548. The predicted molar refractivity (Wildman–Crippen MR) is 46.8 cm³/mol. The minimum absolute atomic E-state index is 0.701. The molecule has 0 saturated carbocycles. The fraction of sp³-hybridized carbons (Fsp3) is 0.900. The summed E-state index contributed by atoms with van der Waals surface area (Å²) in [4.78, 5) is 0. The summed E-state index contributed by atoms with van der Waals surface area (Å²) in [6.07, 6.45) is 7.22. The summed E-state index contributed by atoms with van der Waals surface area (Å²) in [5, 5.41) is 0. The van der Waals surface area contributed by atoms with Crippen molar-refractivity contribution in [3.8, 4) is 0 Å². The number of hydrogen-bond donors (Lipinski definition) is 0. The van der Waals surface area contributed by atoms with Gasteiger partial charge in [-0.3, -0.25) is 0 Å². The smallest absolute Gasteiger partial charge is 0.0140 e. The maximum Gasteiger partial charge on any atom is -0.0140 e. The van der Waals surface area contributed by atoms with E-state index in [4.69, 9.17) is 0 Å². The minimum Gasteiger partial charge on any atom is -0.0654 e. The van der Waals surface area contributed by atoms with Gasteiger partial charge in [-0.15, -0.1) is 0 Å². The van der Waals surface area contributed by atoms with Crippen molar-refractivity contribution in [3.05, 3.63) is 6.42 Å². The van der Waals surface area contributed by atoms with Gasteiger partial charge in [0.15, 0.2) is 0 Å². The van der Waals surface area contributed by atoms with Crippen LogP contribution in [0.25, 0.3) is 0 Å². The van der Waals surface area contributed by atoms with Gasteiger partial charge >= 0.3 is 0 Å². The van der Waals surface area contributed by atoms with Crippen LogP contribution in [0.15, 0.2) is 0 Å². The molecular formula is C10H20. The zero-order valence-electron chi connectivity index (χ0n) is 7.78. The van der Waals surface area contributed by atoms with E-state index in [2.05, 4.69) is 34.1 Å². The van der Waals surface area contributed by atoms with Crippen LogP contribution >= 0.6 is 0 Å². The Morgan fingerprint density at radius 2 is 1.80 bits per heavy atom. The molecule has 1 atom stereocenters. The third-order valence-electron chi connectivity index (χ3n) is 1.60. The van der Waals surface area contributed by atoms with Gasteiger partial charge in [-0.2, -0.15) is 0 Å². The van der Waals surface area contributed by atoms with Crippen molar-refractivity contribution < 1.29 is 0 Å². The maximum atomic E-state index is 3.48. The lowest BCUT2D eigenvalue weighted by atomic mass is 9.96. The Morgan fingerprint density at radius 1 is 1.20 bits per heavy atom. The van der Waals surface area contributed by atoms with Crippen LogP contribution in [0.4, 0.5) is 0 Å². The maximum absolute atomic E-state index is 3.48. The molecule has 1 unspecified atom stereocenters. The molecule has 0 aliphatic carbocycles. The first-order valence-electron chi connectivity index (χ1n) is 4.40. The summed E-state index contributed by atoms with van der Waals surface area (Å²) in [6.45, 7) is 8.97. The van der Waals surface area contributed by atoms with Gasteiger partial charge in [0, 0.05) is 0 Å². The molecule has 0 rings (SSSR count). The third-order valence-corrected chi connectivity index (χ3v) is 1.60. The Morgan fingerprint density at radius 3 is 2.20 bits per heavy atom. The van der Waals surface area contributed by atoms with Crippen LogP contribution in [0, 0.1) is 18.3 Å². The molecule has 0 nitrogen and oxygen atoms in total. The zero-order valence-corrected chi connectivity index (χ0v) is 7.78. The highest BCUT2D eigenvalue weighted by molar-refractivity contribution is 4.73. The van der Waals surface area contributed by atoms with Crippen LogP contribution in [0.2, 0.25) is 0 Å².